The smallest absolute Gasteiger partial charge is 0.253 e. The van der Waals surface area contributed by atoms with Crippen LogP contribution in [0.15, 0.2) is 48.5 Å². The molecule has 0 saturated heterocycles. The minimum atomic E-state index is -0.398. The summed E-state index contributed by atoms with van der Waals surface area (Å²) < 4.78 is 18.7. The van der Waals surface area contributed by atoms with Gasteiger partial charge in [0.15, 0.2) is 11.6 Å². The van der Waals surface area contributed by atoms with Crippen molar-refractivity contribution >= 4 is 5.91 Å². The molecule has 1 amide bonds. The van der Waals surface area contributed by atoms with E-state index in [2.05, 4.69) is 0 Å². The van der Waals surface area contributed by atoms with Gasteiger partial charge in [0, 0.05) is 12.6 Å². The predicted octanol–water partition coefficient (Wildman–Crippen LogP) is 3.29. The number of amides is 1. The number of likely N-dealkylation sites (N-methyl/N-ethyl adjacent to an activating group) is 1. The third kappa shape index (κ3) is 3.81. The SMILES string of the molecule is Cc1ccccc1C(=O)N(C)CCOc1ccccc1F. The van der Waals surface area contributed by atoms with Gasteiger partial charge in [0.05, 0.1) is 6.54 Å². The summed E-state index contributed by atoms with van der Waals surface area (Å²) in [7, 11) is 1.71. The van der Waals surface area contributed by atoms with Crippen LogP contribution < -0.4 is 4.74 Å². The molecular weight excluding hydrogens is 269 g/mol. The molecule has 0 aliphatic heterocycles. The van der Waals surface area contributed by atoms with Crippen LogP contribution in [0.5, 0.6) is 5.75 Å². The molecule has 21 heavy (non-hydrogen) atoms. The Labute approximate surface area is 124 Å². The molecular formula is C17H18FNO2. The molecule has 0 aromatic heterocycles. The summed E-state index contributed by atoms with van der Waals surface area (Å²) in [5.74, 6) is -0.259. The molecule has 4 heteroatoms. The third-order valence-electron chi connectivity index (χ3n) is 3.24. The summed E-state index contributed by atoms with van der Waals surface area (Å²) in [6.07, 6.45) is 0. The van der Waals surface area contributed by atoms with E-state index >= 15 is 0 Å². The zero-order chi connectivity index (χ0) is 15.2. The predicted molar refractivity (Wildman–Crippen MR) is 80.0 cm³/mol. The lowest BCUT2D eigenvalue weighted by Crippen LogP contribution is -2.31. The van der Waals surface area contributed by atoms with Gasteiger partial charge < -0.3 is 9.64 Å². The van der Waals surface area contributed by atoms with Crippen LogP contribution in [0.2, 0.25) is 0 Å². The molecule has 0 fully saturated rings. The Kier molecular flexibility index (Phi) is 4.93. The van der Waals surface area contributed by atoms with Crippen molar-refractivity contribution in [2.75, 3.05) is 20.2 Å². The molecule has 0 spiro atoms. The second-order valence-electron chi connectivity index (χ2n) is 4.82. The maximum absolute atomic E-state index is 13.4. The van der Waals surface area contributed by atoms with Gasteiger partial charge in [-0.3, -0.25) is 4.79 Å². The quantitative estimate of drug-likeness (QED) is 0.844. The fraction of sp³-hybridized carbons (Fsp3) is 0.235. The van der Waals surface area contributed by atoms with Crippen LogP contribution in [-0.4, -0.2) is 31.0 Å². The Morgan fingerprint density at radius 2 is 1.81 bits per heavy atom. The number of benzene rings is 2. The van der Waals surface area contributed by atoms with Crippen LogP contribution in [0.25, 0.3) is 0 Å². The molecule has 0 N–H and O–H groups in total. The number of carbonyl (C=O) groups excluding carboxylic acids is 1. The number of hydrogen-bond donors (Lipinski definition) is 0. The molecule has 110 valence electrons. The van der Waals surface area contributed by atoms with E-state index in [9.17, 15) is 9.18 Å². The molecule has 2 aromatic rings. The average Bonchev–Trinajstić information content (AvgIpc) is 2.49. The van der Waals surface area contributed by atoms with Gasteiger partial charge in [-0.05, 0) is 30.7 Å². The van der Waals surface area contributed by atoms with E-state index in [1.807, 2.05) is 25.1 Å². The Morgan fingerprint density at radius 1 is 1.14 bits per heavy atom. The minimum Gasteiger partial charge on any atom is -0.489 e. The van der Waals surface area contributed by atoms with Gasteiger partial charge >= 0.3 is 0 Å². The second kappa shape index (κ2) is 6.88. The lowest BCUT2D eigenvalue weighted by molar-refractivity contribution is 0.0772. The number of aryl methyl sites for hydroxylation is 1. The highest BCUT2D eigenvalue weighted by molar-refractivity contribution is 5.95. The Hall–Kier alpha value is -2.36. The molecule has 0 bridgehead atoms. The van der Waals surface area contributed by atoms with Crippen LogP contribution in [0.1, 0.15) is 15.9 Å². The maximum atomic E-state index is 13.4. The molecule has 0 atom stereocenters. The van der Waals surface area contributed by atoms with Gasteiger partial charge in [-0.2, -0.15) is 0 Å². The van der Waals surface area contributed by atoms with Crippen molar-refractivity contribution in [1.82, 2.24) is 4.90 Å². The molecule has 0 heterocycles. The van der Waals surface area contributed by atoms with Crippen LogP contribution in [0.3, 0.4) is 0 Å². The van der Waals surface area contributed by atoms with Crippen LogP contribution in [0, 0.1) is 12.7 Å². The van der Waals surface area contributed by atoms with Gasteiger partial charge in [-0.25, -0.2) is 4.39 Å². The van der Waals surface area contributed by atoms with Gasteiger partial charge in [0.1, 0.15) is 6.61 Å². The van der Waals surface area contributed by atoms with Crippen LogP contribution in [-0.2, 0) is 0 Å². The molecule has 2 aromatic carbocycles. The summed E-state index contributed by atoms with van der Waals surface area (Å²) in [5, 5.41) is 0. The van der Waals surface area contributed by atoms with E-state index in [4.69, 9.17) is 4.74 Å². The van der Waals surface area contributed by atoms with E-state index in [0.29, 0.717) is 12.1 Å². The summed E-state index contributed by atoms with van der Waals surface area (Å²) in [6.45, 7) is 2.54. The summed E-state index contributed by atoms with van der Waals surface area (Å²) >= 11 is 0. The monoisotopic (exact) mass is 287 g/mol. The second-order valence-corrected chi connectivity index (χ2v) is 4.82. The van der Waals surface area contributed by atoms with E-state index in [1.165, 1.54) is 6.07 Å². The number of ether oxygens (including phenoxy) is 1. The van der Waals surface area contributed by atoms with Crippen molar-refractivity contribution in [3.8, 4) is 5.75 Å². The minimum absolute atomic E-state index is 0.0646. The summed E-state index contributed by atoms with van der Waals surface area (Å²) in [5.41, 5.74) is 1.61. The first-order valence-electron chi connectivity index (χ1n) is 6.78. The lowest BCUT2D eigenvalue weighted by Gasteiger charge is -2.18. The highest BCUT2D eigenvalue weighted by Crippen LogP contribution is 2.15. The van der Waals surface area contributed by atoms with Gasteiger partial charge in [0.25, 0.3) is 5.91 Å². The number of carbonyl (C=O) groups is 1. The van der Waals surface area contributed by atoms with Crippen molar-refractivity contribution in [2.45, 2.75) is 6.92 Å². The number of rotatable bonds is 5. The fourth-order valence-corrected chi connectivity index (χ4v) is 1.97. The number of nitrogens with zero attached hydrogens (tertiary/aromatic N) is 1. The van der Waals surface area contributed by atoms with E-state index in [0.717, 1.165) is 5.56 Å². The molecule has 0 aliphatic carbocycles. The Bertz CT molecular complexity index is 628. The third-order valence-corrected chi connectivity index (χ3v) is 3.24. The molecule has 0 saturated carbocycles. The molecule has 2 rings (SSSR count). The normalized spacial score (nSPS) is 10.2. The fourth-order valence-electron chi connectivity index (χ4n) is 1.97. The number of halogens is 1. The van der Waals surface area contributed by atoms with E-state index < -0.39 is 5.82 Å². The van der Waals surface area contributed by atoms with Crippen molar-refractivity contribution in [2.24, 2.45) is 0 Å². The van der Waals surface area contributed by atoms with Crippen LogP contribution >= 0.6 is 0 Å². The topological polar surface area (TPSA) is 29.5 Å². The Balaban J connectivity index is 1.90. The average molecular weight is 287 g/mol. The zero-order valence-electron chi connectivity index (χ0n) is 12.2. The lowest BCUT2D eigenvalue weighted by atomic mass is 10.1. The van der Waals surface area contributed by atoms with Crippen molar-refractivity contribution in [3.05, 3.63) is 65.5 Å². The van der Waals surface area contributed by atoms with Gasteiger partial charge in [-0.15, -0.1) is 0 Å². The van der Waals surface area contributed by atoms with Crippen molar-refractivity contribution < 1.29 is 13.9 Å². The highest BCUT2D eigenvalue weighted by atomic mass is 19.1. The van der Waals surface area contributed by atoms with Gasteiger partial charge in [-0.1, -0.05) is 30.3 Å². The first kappa shape index (κ1) is 15.0. The zero-order valence-corrected chi connectivity index (χ0v) is 12.2. The van der Waals surface area contributed by atoms with Crippen LogP contribution in [0.4, 0.5) is 4.39 Å². The van der Waals surface area contributed by atoms with E-state index in [1.54, 1.807) is 36.2 Å². The summed E-state index contributed by atoms with van der Waals surface area (Å²) in [6, 6.07) is 13.7. The van der Waals surface area contributed by atoms with E-state index in [-0.39, 0.29) is 18.3 Å². The van der Waals surface area contributed by atoms with Crippen molar-refractivity contribution in [1.29, 1.82) is 0 Å². The first-order valence-corrected chi connectivity index (χ1v) is 6.78. The number of hydrogen-bond acceptors (Lipinski definition) is 2. The number of para-hydroxylation sites is 1. The maximum Gasteiger partial charge on any atom is 0.253 e. The molecule has 3 nitrogen and oxygen atoms in total. The molecule has 0 aliphatic rings. The molecule has 0 radical (unpaired) electrons. The molecule has 0 unspecified atom stereocenters. The van der Waals surface area contributed by atoms with Crippen molar-refractivity contribution in [3.63, 3.8) is 0 Å². The Morgan fingerprint density at radius 3 is 2.52 bits per heavy atom. The standard InChI is InChI=1S/C17H18FNO2/c1-13-7-3-4-8-14(13)17(20)19(2)11-12-21-16-10-6-5-9-15(16)18/h3-10H,11-12H2,1-2H3. The first-order chi connectivity index (χ1) is 10.1. The summed E-state index contributed by atoms with van der Waals surface area (Å²) in [4.78, 5) is 13.8. The largest absolute Gasteiger partial charge is 0.489 e. The van der Waals surface area contributed by atoms with Gasteiger partial charge in [0.2, 0.25) is 0 Å². The highest BCUT2D eigenvalue weighted by Gasteiger charge is 2.13.